The third-order valence-electron chi connectivity index (χ3n) is 3.47. The van der Waals surface area contributed by atoms with E-state index in [-0.39, 0.29) is 30.5 Å². The molecule has 0 spiro atoms. The molecule has 0 amide bonds. The number of rotatable bonds is 6. The molecule has 1 heterocycles. The van der Waals surface area contributed by atoms with Crippen molar-refractivity contribution in [3.05, 3.63) is 35.7 Å². The van der Waals surface area contributed by atoms with Crippen LogP contribution in [0.3, 0.4) is 0 Å². The minimum atomic E-state index is -4.40. The number of aryl methyl sites for hydroxylation is 1. The van der Waals surface area contributed by atoms with Gasteiger partial charge in [-0.05, 0) is 18.6 Å². The van der Waals surface area contributed by atoms with Crippen LogP contribution in [0, 0.1) is 5.92 Å². The summed E-state index contributed by atoms with van der Waals surface area (Å²) in [6, 6.07) is 4.48. The Morgan fingerprint density at radius 3 is 2.26 bits per heavy atom. The van der Waals surface area contributed by atoms with Crippen LogP contribution in [0.2, 0.25) is 0 Å². The summed E-state index contributed by atoms with van der Waals surface area (Å²) in [7, 11) is 5.72. The summed E-state index contributed by atoms with van der Waals surface area (Å²) in [4.78, 5) is 4.18. The van der Waals surface area contributed by atoms with E-state index in [1.807, 2.05) is 0 Å². The van der Waals surface area contributed by atoms with Crippen molar-refractivity contribution in [1.82, 2.24) is 4.98 Å². The maximum Gasteiger partial charge on any atom is 0.416 e. The fourth-order valence-corrected chi connectivity index (χ4v) is 2.08. The highest BCUT2D eigenvalue weighted by Crippen LogP contribution is 2.30. The lowest BCUT2D eigenvalue weighted by Crippen LogP contribution is -2.12. The zero-order valence-corrected chi connectivity index (χ0v) is 12.2. The summed E-state index contributed by atoms with van der Waals surface area (Å²) < 4.78 is 42.9. The van der Waals surface area contributed by atoms with Crippen molar-refractivity contribution in [2.45, 2.75) is 19.0 Å². The Labute approximate surface area is 132 Å². The van der Waals surface area contributed by atoms with E-state index in [4.69, 9.17) is 22.5 Å². The number of aromatic nitrogens is 1. The Kier molecular flexibility index (Phi) is 5.48. The van der Waals surface area contributed by atoms with E-state index in [1.165, 1.54) is 12.1 Å². The van der Waals surface area contributed by atoms with Crippen LogP contribution >= 0.6 is 0 Å². The van der Waals surface area contributed by atoms with E-state index in [0.717, 1.165) is 12.1 Å². The van der Waals surface area contributed by atoms with E-state index in [2.05, 4.69) is 4.98 Å². The Hall–Kier alpha value is -1.80. The molecule has 0 unspecified atom stereocenters. The van der Waals surface area contributed by atoms with Crippen molar-refractivity contribution < 1.29 is 27.8 Å². The first-order valence-electron chi connectivity index (χ1n) is 6.99. The molecular weight excluding hydrogens is 310 g/mol. The second-order valence-corrected chi connectivity index (χ2v) is 5.17. The molecule has 2 radical (unpaired) electrons. The lowest BCUT2D eigenvalue weighted by molar-refractivity contribution is -0.137. The summed E-state index contributed by atoms with van der Waals surface area (Å²) in [5.74, 6) is 0.0296. The second kappa shape index (κ2) is 7.19. The van der Waals surface area contributed by atoms with E-state index < -0.39 is 11.7 Å². The van der Waals surface area contributed by atoms with Crippen LogP contribution < -0.4 is 5.66 Å². The number of oxazole rings is 1. The van der Waals surface area contributed by atoms with Gasteiger partial charge in [0.15, 0.2) is 13.7 Å². The zero-order valence-electron chi connectivity index (χ0n) is 12.2. The van der Waals surface area contributed by atoms with Crippen molar-refractivity contribution in [2.75, 3.05) is 13.2 Å². The van der Waals surface area contributed by atoms with E-state index in [0.29, 0.717) is 24.3 Å². The SMILES string of the molecule is [B]c1oc(CCC(CO)CO)nc1-c1ccc(C(F)(F)F)cc1. The van der Waals surface area contributed by atoms with Gasteiger partial charge in [0.05, 0.1) is 11.2 Å². The fraction of sp³-hybridized carbons (Fsp3) is 0.400. The van der Waals surface area contributed by atoms with Gasteiger partial charge in [0.2, 0.25) is 0 Å². The maximum absolute atomic E-state index is 12.5. The summed E-state index contributed by atoms with van der Waals surface area (Å²) in [6.07, 6.45) is -3.58. The molecule has 122 valence electrons. The Morgan fingerprint density at radius 2 is 1.74 bits per heavy atom. The predicted molar refractivity (Wildman–Crippen MR) is 78.3 cm³/mol. The molecule has 0 saturated carbocycles. The van der Waals surface area contributed by atoms with Crippen LogP contribution in [0.5, 0.6) is 0 Å². The average molecular weight is 325 g/mol. The molecular formula is C15H15BF3NO3. The predicted octanol–water partition coefficient (Wildman–Crippen LogP) is 1.69. The number of benzene rings is 1. The molecule has 23 heavy (non-hydrogen) atoms. The standard InChI is InChI=1S/C15H15BF3NO3/c16-14-13(10-2-4-11(5-3-10)15(17,18)19)20-12(23-14)6-1-9(7-21)8-22/h2-5,9,21-22H,1,6-8H2. The first-order chi connectivity index (χ1) is 10.8. The highest BCUT2D eigenvalue weighted by molar-refractivity contribution is 6.33. The molecule has 8 heteroatoms. The van der Waals surface area contributed by atoms with Gasteiger partial charge >= 0.3 is 6.18 Å². The summed E-state index contributed by atoms with van der Waals surface area (Å²) in [5.41, 5.74) is -0.0359. The maximum atomic E-state index is 12.5. The van der Waals surface area contributed by atoms with Crippen molar-refractivity contribution >= 4 is 13.5 Å². The Morgan fingerprint density at radius 1 is 1.13 bits per heavy atom. The van der Waals surface area contributed by atoms with Gasteiger partial charge < -0.3 is 14.6 Å². The first kappa shape index (κ1) is 17.6. The molecule has 0 aliphatic heterocycles. The normalized spacial score (nSPS) is 12.1. The average Bonchev–Trinajstić information content (AvgIpc) is 2.88. The fourth-order valence-electron chi connectivity index (χ4n) is 2.08. The number of aliphatic hydroxyl groups excluding tert-OH is 2. The van der Waals surface area contributed by atoms with Gasteiger partial charge in [0, 0.05) is 31.1 Å². The van der Waals surface area contributed by atoms with Crippen LogP contribution in [-0.4, -0.2) is 36.3 Å². The Bertz CT molecular complexity index is 636. The summed E-state index contributed by atoms with van der Waals surface area (Å²) >= 11 is 0. The van der Waals surface area contributed by atoms with Gasteiger partial charge in [-0.1, -0.05) is 12.1 Å². The molecule has 0 saturated heterocycles. The van der Waals surface area contributed by atoms with Gasteiger partial charge in [-0.2, -0.15) is 13.2 Å². The highest BCUT2D eigenvalue weighted by atomic mass is 19.4. The number of aliphatic hydroxyl groups is 2. The number of hydrogen-bond donors (Lipinski definition) is 2. The largest absolute Gasteiger partial charge is 0.457 e. The molecule has 1 aromatic heterocycles. The molecule has 0 bridgehead atoms. The first-order valence-corrected chi connectivity index (χ1v) is 6.99. The van der Waals surface area contributed by atoms with Gasteiger partial charge in [-0.15, -0.1) is 0 Å². The summed E-state index contributed by atoms with van der Waals surface area (Å²) in [5, 5.41) is 18.0. The molecule has 2 N–H and O–H groups in total. The lowest BCUT2D eigenvalue weighted by Gasteiger charge is -2.07. The van der Waals surface area contributed by atoms with Crippen LogP contribution in [-0.2, 0) is 12.6 Å². The molecule has 0 aliphatic carbocycles. The smallest absolute Gasteiger partial charge is 0.416 e. The van der Waals surface area contributed by atoms with Crippen molar-refractivity contribution in [2.24, 2.45) is 5.92 Å². The van der Waals surface area contributed by atoms with Gasteiger partial charge in [0.25, 0.3) is 0 Å². The van der Waals surface area contributed by atoms with E-state index >= 15 is 0 Å². The minimum Gasteiger partial charge on any atom is -0.457 e. The lowest BCUT2D eigenvalue weighted by atomic mass is 9.98. The zero-order chi connectivity index (χ0) is 17.0. The van der Waals surface area contributed by atoms with Gasteiger partial charge in [-0.25, -0.2) is 4.98 Å². The van der Waals surface area contributed by atoms with Crippen molar-refractivity contribution in [3.8, 4) is 11.3 Å². The van der Waals surface area contributed by atoms with Gasteiger partial charge in [-0.3, -0.25) is 0 Å². The topological polar surface area (TPSA) is 66.5 Å². The second-order valence-electron chi connectivity index (χ2n) is 5.17. The van der Waals surface area contributed by atoms with Crippen LogP contribution in [0.25, 0.3) is 11.3 Å². The third kappa shape index (κ3) is 4.36. The summed E-state index contributed by atoms with van der Waals surface area (Å²) in [6.45, 7) is -0.309. The number of alkyl halides is 3. The van der Waals surface area contributed by atoms with E-state index in [1.54, 1.807) is 0 Å². The van der Waals surface area contributed by atoms with Crippen LogP contribution in [0.1, 0.15) is 17.9 Å². The third-order valence-corrected chi connectivity index (χ3v) is 3.47. The molecule has 0 fully saturated rings. The van der Waals surface area contributed by atoms with Crippen molar-refractivity contribution in [1.29, 1.82) is 0 Å². The molecule has 2 aromatic rings. The van der Waals surface area contributed by atoms with Crippen LogP contribution in [0.15, 0.2) is 28.7 Å². The highest BCUT2D eigenvalue weighted by Gasteiger charge is 2.30. The monoisotopic (exact) mass is 325 g/mol. The quantitative estimate of drug-likeness (QED) is 0.793. The van der Waals surface area contributed by atoms with Crippen LogP contribution in [0.4, 0.5) is 13.2 Å². The molecule has 1 aromatic carbocycles. The van der Waals surface area contributed by atoms with Crippen molar-refractivity contribution in [3.63, 3.8) is 0 Å². The number of nitrogens with zero attached hydrogens (tertiary/aromatic N) is 1. The molecule has 2 rings (SSSR count). The Balaban J connectivity index is 2.14. The number of hydrogen-bond acceptors (Lipinski definition) is 4. The van der Waals surface area contributed by atoms with Gasteiger partial charge in [0.1, 0.15) is 5.69 Å². The minimum absolute atomic E-state index is 0.0179. The molecule has 0 atom stereocenters. The molecule has 4 nitrogen and oxygen atoms in total. The van der Waals surface area contributed by atoms with E-state index in [9.17, 15) is 13.2 Å². The number of halogens is 3. The molecule has 0 aliphatic rings.